The van der Waals surface area contributed by atoms with E-state index < -0.39 is 0 Å². The van der Waals surface area contributed by atoms with E-state index in [-0.39, 0.29) is 5.92 Å². The molecule has 6 heteroatoms. The van der Waals surface area contributed by atoms with Gasteiger partial charge in [0.05, 0.1) is 13.0 Å². The molecule has 29 heavy (non-hydrogen) atoms. The number of aromatic nitrogens is 2. The maximum atomic E-state index is 6.13. The highest BCUT2D eigenvalue weighted by Crippen LogP contribution is 2.50. The molecule has 0 aliphatic carbocycles. The van der Waals surface area contributed by atoms with Crippen molar-refractivity contribution in [3.8, 4) is 17.1 Å². The van der Waals surface area contributed by atoms with E-state index in [9.17, 15) is 0 Å². The van der Waals surface area contributed by atoms with Gasteiger partial charge in [0, 0.05) is 22.7 Å². The first-order valence-corrected chi connectivity index (χ1v) is 10.5. The molecule has 2 bridgehead atoms. The molecule has 4 atom stereocenters. The second-order valence-corrected chi connectivity index (χ2v) is 8.50. The Labute approximate surface area is 175 Å². The summed E-state index contributed by atoms with van der Waals surface area (Å²) in [6, 6.07) is 17.0. The fraction of sp³-hybridized carbons (Fsp3) is 0.391. The second kappa shape index (κ2) is 7.47. The summed E-state index contributed by atoms with van der Waals surface area (Å²) in [5.41, 5.74) is 2.23. The zero-order valence-corrected chi connectivity index (χ0v) is 17.3. The minimum absolute atomic E-state index is 0.180. The van der Waals surface area contributed by atoms with Crippen LogP contribution in [0.2, 0.25) is 5.02 Å². The number of halogens is 1. The van der Waals surface area contributed by atoms with Crippen molar-refractivity contribution in [3.05, 3.63) is 65.0 Å². The molecule has 3 unspecified atom stereocenters. The lowest BCUT2D eigenvalue weighted by molar-refractivity contribution is 0.120. The Bertz CT molecular complexity index is 986. The third-order valence-corrected chi connectivity index (χ3v) is 6.89. The van der Waals surface area contributed by atoms with E-state index in [1.54, 1.807) is 7.11 Å². The van der Waals surface area contributed by atoms with Crippen LogP contribution in [0.15, 0.2) is 53.1 Å². The average molecular weight is 410 g/mol. The van der Waals surface area contributed by atoms with Gasteiger partial charge in [-0.2, -0.15) is 4.98 Å². The number of piperidine rings is 1. The molecule has 2 aliphatic rings. The second-order valence-electron chi connectivity index (χ2n) is 8.07. The van der Waals surface area contributed by atoms with Gasteiger partial charge in [0.15, 0.2) is 0 Å². The summed E-state index contributed by atoms with van der Waals surface area (Å²) in [6.45, 7) is 0. The van der Waals surface area contributed by atoms with Gasteiger partial charge in [0.1, 0.15) is 5.75 Å². The summed E-state index contributed by atoms with van der Waals surface area (Å²) < 4.78 is 11.1. The Morgan fingerprint density at radius 2 is 1.83 bits per heavy atom. The molecule has 2 aromatic carbocycles. The van der Waals surface area contributed by atoms with Gasteiger partial charge in [-0.25, -0.2) is 0 Å². The van der Waals surface area contributed by atoms with Crippen LogP contribution in [-0.2, 0) is 0 Å². The standard InChI is InChI=1S/C23H24ClN3O2/c1-27-17-9-12-20(27)21(19(13-17)14-3-7-16(24)8-4-14)23-25-22(26-29-23)15-5-10-18(28-2)11-6-15/h3-8,10-11,17,19-21H,9,12-13H2,1-2H3/t17?,19-,20?,21?/m1/s1. The number of likely N-dealkylation sites (N-methyl/N-ethyl adjacent to an activating group) is 1. The lowest BCUT2D eigenvalue weighted by atomic mass is 9.76. The van der Waals surface area contributed by atoms with Crippen LogP contribution >= 0.6 is 11.6 Å². The smallest absolute Gasteiger partial charge is 0.232 e. The lowest BCUT2D eigenvalue weighted by Gasteiger charge is -2.41. The zero-order chi connectivity index (χ0) is 20.0. The SMILES string of the molecule is COc1ccc(-c2noc(C3C4CCC(C[C@@H]3c3ccc(Cl)cc3)N4C)n2)cc1. The number of rotatable bonds is 4. The molecule has 0 spiro atoms. The van der Waals surface area contributed by atoms with Crippen molar-refractivity contribution < 1.29 is 9.26 Å². The van der Waals surface area contributed by atoms with E-state index in [0.29, 0.717) is 23.8 Å². The quantitative estimate of drug-likeness (QED) is 0.597. The molecule has 0 N–H and O–H groups in total. The monoisotopic (exact) mass is 409 g/mol. The fourth-order valence-corrected chi connectivity index (χ4v) is 5.21. The van der Waals surface area contributed by atoms with Crippen LogP contribution in [0.5, 0.6) is 5.75 Å². The zero-order valence-electron chi connectivity index (χ0n) is 16.6. The van der Waals surface area contributed by atoms with Crippen LogP contribution in [0.3, 0.4) is 0 Å². The topological polar surface area (TPSA) is 51.4 Å². The van der Waals surface area contributed by atoms with Crippen molar-refractivity contribution >= 4 is 11.6 Å². The minimum Gasteiger partial charge on any atom is -0.497 e. The molecule has 0 amide bonds. The molecular weight excluding hydrogens is 386 g/mol. The molecule has 2 saturated heterocycles. The number of ether oxygens (including phenoxy) is 1. The van der Waals surface area contributed by atoms with Gasteiger partial charge in [-0.3, -0.25) is 4.90 Å². The molecule has 2 aliphatic heterocycles. The maximum Gasteiger partial charge on any atom is 0.232 e. The largest absolute Gasteiger partial charge is 0.497 e. The normalized spacial score (nSPS) is 26.6. The highest BCUT2D eigenvalue weighted by molar-refractivity contribution is 6.30. The van der Waals surface area contributed by atoms with Gasteiger partial charge in [-0.15, -0.1) is 0 Å². The number of hydrogen-bond acceptors (Lipinski definition) is 5. The van der Waals surface area contributed by atoms with Crippen LogP contribution < -0.4 is 4.74 Å². The van der Waals surface area contributed by atoms with E-state index >= 15 is 0 Å². The molecule has 1 aromatic heterocycles. The van der Waals surface area contributed by atoms with E-state index in [1.807, 2.05) is 36.4 Å². The van der Waals surface area contributed by atoms with Crippen LogP contribution in [0.4, 0.5) is 0 Å². The Hall–Kier alpha value is -2.37. The molecule has 0 saturated carbocycles. The Morgan fingerprint density at radius 3 is 2.55 bits per heavy atom. The number of nitrogens with zero attached hydrogens (tertiary/aromatic N) is 3. The summed E-state index contributed by atoms with van der Waals surface area (Å²) >= 11 is 6.13. The summed E-state index contributed by atoms with van der Waals surface area (Å²) in [4.78, 5) is 7.34. The molecule has 2 fully saturated rings. The molecular formula is C23H24ClN3O2. The summed E-state index contributed by atoms with van der Waals surface area (Å²) in [6.07, 6.45) is 3.48. The average Bonchev–Trinajstić information content (AvgIpc) is 3.31. The molecule has 3 heterocycles. The molecule has 0 radical (unpaired) electrons. The van der Waals surface area contributed by atoms with Crippen molar-refractivity contribution in [3.63, 3.8) is 0 Å². The van der Waals surface area contributed by atoms with Crippen molar-refractivity contribution in [2.75, 3.05) is 14.2 Å². The number of hydrogen-bond donors (Lipinski definition) is 0. The highest BCUT2D eigenvalue weighted by Gasteiger charge is 2.48. The highest BCUT2D eigenvalue weighted by atomic mass is 35.5. The van der Waals surface area contributed by atoms with Gasteiger partial charge in [-0.1, -0.05) is 28.9 Å². The predicted molar refractivity (Wildman–Crippen MR) is 112 cm³/mol. The molecule has 5 rings (SSSR count). The third-order valence-electron chi connectivity index (χ3n) is 6.64. The predicted octanol–water partition coefficient (Wildman–Crippen LogP) is 5.13. The third kappa shape index (κ3) is 3.32. The van der Waals surface area contributed by atoms with Gasteiger partial charge >= 0.3 is 0 Å². The van der Waals surface area contributed by atoms with Crippen LogP contribution in [0, 0.1) is 0 Å². The minimum atomic E-state index is 0.180. The van der Waals surface area contributed by atoms with Crippen molar-refractivity contribution in [2.24, 2.45) is 0 Å². The van der Waals surface area contributed by atoms with Gasteiger partial charge in [0.25, 0.3) is 0 Å². The number of benzene rings is 2. The number of methoxy groups -OCH3 is 1. The van der Waals surface area contributed by atoms with Crippen molar-refractivity contribution in [1.29, 1.82) is 0 Å². The van der Waals surface area contributed by atoms with Crippen molar-refractivity contribution in [1.82, 2.24) is 15.0 Å². The van der Waals surface area contributed by atoms with Gasteiger partial charge in [-0.05, 0) is 74.2 Å². The van der Waals surface area contributed by atoms with Crippen LogP contribution in [0.25, 0.3) is 11.4 Å². The molecule has 150 valence electrons. The van der Waals surface area contributed by atoms with Gasteiger partial charge in [0.2, 0.25) is 11.7 Å². The van der Waals surface area contributed by atoms with Crippen molar-refractivity contribution in [2.45, 2.75) is 43.2 Å². The van der Waals surface area contributed by atoms with E-state index in [0.717, 1.165) is 35.1 Å². The van der Waals surface area contributed by atoms with Crippen LogP contribution in [-0.4, -0.2) is 41.3 Å². The molecule has 3 aromatic rings. The molecule has 5 nitrogen and oxygen atoms in total. The van der Waals surface area contributed by atoms with E-state index in [1.165, 1.54) is 12.0 Å². The summed E-state index contributed by atoms with van der Waals surface area (Å²) in [5.74, 6) is 2.70. The van der Waals surface area contributed by atoms with Crippen LogP contribution in [0.1, 0.15) is 42.6 Å². The number of fused-ring (bicyclic) bond motifs is 2. The maximum absolute atomic E-state index is 6.13. The first-order valence-electron chi connectivity index (χ1n) is 10.1. The summed E-state index contributed by atoms with van der Waals surface area (Å²) in [7, 11) is 3.89. The Morgan fingerprint density at radius 1 is 1.07 bits per heavy atom. The first kappa shape index (κ1) is 18.6. The Kier molecular flexibility index (Phi) is 4.80. The Balaban J connectivity index is 1.50. The lowest BCUT2D eigenvalue weighted by Crippen LogP contribution is -2.44. The van der Waals surface area contributed by atoms with Gasteiger partial charge < -0.3 is 9.26 Å². The van der Waals surface area contributed by atoms with E-state index in [2.05, 4.69) is 29.2 Å². The first-order chi connectivity index (χ1) is 14.1. The fourth-order valence-electron chi connectivity index (χ4n) is 5.08. The van der Waals surface area contributed by atoms with E-state index in [4.69, 9.17) is 25.8 Å². The summed E-state index contributed by atoms with van der Waals surface area (Å²) in [5, 5.41) is 5.06.